The molecule has 4 nitrogen and oxygen atoms in total. The fourth-order valence-corrected chi connectivity index (χ4v) is 1.95. The number of rotatable bonds is 3. The predicted molar refractivity (Wildman–Crippen MR) is 64.6 cm³/mol. The molecule has 0 unspecified atom stereocenters. The summed E-state index contributed by atoms with van der Waals surface area (Å²) in [5.41, 5.74) is 1.14. The molecule has 1 N–H and O–H groups in total. The Kier molecular flexibility index (Phi) is 3.51. The number of nitrogens with one attached hydrogen (secondary N) is 1. The van der Waals surface area contributed by atoms with Crippen LogP contribution in [-0.2, 0) is 0 Å². The molecule has 0 atom stereocenters. The topological polar surface area (TPSA) is 33.7 Å². The Hall–Kier alpha value is -1.42. The monoisotopic (exact) mass is 222 g/mol. The zero-order chi connectivity index (χ0) is 11.4. The zero-order valence-corrected chi connectivity index (χ0v) is 9.82. The van der Waals surface area contributed by atoms with E-state index in [1.807, 2.05) is 12.1 Å². The Morgan fingerprint density at radius 1 is 1.12 bits per heavy atom. The second-order valence-corrected chi connectivity index (χ2v) is 3.77. The summed E-state index contributed by atoms with van der Waals surface area (Å²) in [7, 11) is 3.36. The third kappa shape index (κ3) is 2.22. The molecule has 1 aliphatic rings. The average Bonchev–Trinajstić information content (AvgIpc) is 2.39. The Balaban J connectivity index is 2.24. The third-order valence-corrected chi connectivity index (χ3v) is 2.84. The van der Waals surface area contributed by atoms with E-state index in [0.717, 1.165) is 43.4 Å². The van der Waals surface area contributed by atoms with Crippen LogP contribution in [0.25, 0.3) is 0 Å². The van der Waals surface area contributed by atoms with E-state index < -0.39 is 0 Å². The van der Waals surface area contributed by atoms with Crippen molar-refractivity contribution in [1.82, 2.24) is 5.32 Å². The van der Waals surface area contributed by atoms with Crippen molar-refractivity contribution in [2.24, 2.45) is 0 Å². The molecule has 0 amide bonds. The number of hydrogen-bond acceptors (Lipinski definition) is 4. The first kappa shape index (κ1) is 11.1. The standard InChI is InChI=1S/C12H18N2O2/c1-15-10-3-4-11(12(9-10)16-2)14-7-5-13-6-8-14/h3-4,9,13H,5-8H2,1-2H3. The molecule has 0 saturated carbocycles. The van der Waals surface area contributed by atoms with Gasteiger partial charge in [0.05, 0.1) is 19.9 Å². The van der Waals surface area contributed by atoms with Gasteiger partial charge in [-0.3, -0.25) is 0 Å². The number of hydrogen-bond donors (Lipinski definition) is 1. The average molecular weight is 222 g/mol. The molecule has 0 spiro atoms. The number of benzene rings is 1. The van der Waals surface area contributed by atoms with Gasteiger partial charge in [-0.25, -0.2) is 0 Å². The number of nitrogens with zero attached hydrogens (tertiary/aromatic N) is 1. The Morgan fingerprint density at radius 3 is 2.50 bits per heavy atom. The van der Waals surface area contributed by atoms with E-state index in [9.17, 15) is 0 Å². The summed E-state index contributed by atoms with van der Waals surface area (Å²) in [6, 6.07) is 5.96. The smallest absolute Gasteiger partial charge is 0.145 e. The van der Waals surface area contributed by atoms with Crippen LogP contribution in [0.5, 0.6) is 11.5 Å². The molecule has 4 heteroatoms. The van der Waals surface area contributed by atoms with Crippen LogP contribution >= 0.6 is 0 Å². The van der Waals surface area contributed by atoms with Gasteiger partial charge in [-0.2, -0.15) is 0 Å². The van der Waals surface area contributed by atoms with Gasteiger partial charge in [0, 0.05) is 32.2 Å². The van der Waals surface area contributed by atoms with Gasteiger partial charge in [0.15, 0.2) is 0 Å². The van der Waals surface area contributed by atoms with Crippen LogP contribution in [0, 0.1) is 0 Å². The highest BCUT2D eigenvalue weighted by atomic mass is 16.5. The maximum Gasteiger partial charge on any atom is 0.145 e. The summed E-state index contributed by atoms with van der Waals surface area (Å²) in [5.74, 6) is 1.71. The number of anilines is 1. The molecular formula is C12H18N2O2. The van der Waals surface area contributed by atoms with E-state index in [1.54, 1.807) is 14.2 Å². The van der Waals surface area contributed by atoms with Crippen LogP contribution in [0.2, 0.25) is 0 Å². The predicted octanol–water partition coefficient (Wildman–Crippen LogP) is 1.11. The van der Waals surface area contributed by atoms with Crippen LogP contribution in [0.3, 0.4) is 0 Å². The quantitative estimate of drug-likeness (QED) is 0.830. The highest BCUT2D eigenvalue weighted by Crippen LogP contribution is 2.32. The summed E-state index contributed by atoms with van der Waals surface area (Å²) in [6.07, 6.45) is 0. The van der Waals surface area contributed by atoms with E-state index in [2.05, 4.69) is 16.3 Å². The highest BCUT2D eigenvalue weighted by Gasteiger charge is 2.15. The lowest BCUT2D eigenvalue weighted by molar-refractivity contribution is 0.393. The van der Waals surface area contributed by atoms with Crippen LogP contribution in [-0.4, -0.2) is 40.4 Å². The minimum Gasteiger partial charge on any atom is -0.497 e. The van der Waals surface area contributed by atoms with Crippen molar-refractivity contribution < 1.29 is 9.47 Å². The molecular weight excluding hydrogens is 204 g/mol. The molecule has 1 aliphatic heterocycles. The third-order valence-electron chi connectivity index (χ3n) is 2.84. The van der Waals surface area contributed by atoms with Gasteiger partial charge < -0.3 is 19.7 Å². The van der Waals surface area contributed by atoms with E-state index in [-0.39, 0.29) is 0 Å². The molecule has 1 aromatic carbocycles. The first-order valence-electron chi connectivity index (χ1n) is 5.53. The Morgan fingerprint density at radius 2 is 1.88 bits per heavy atom. The van der Waals surface area contributed by atoms with Crippen molar-refractivity contribution in [2.45, 2.75) is 0 Å². The summed E-state index contributed by atoms with van der Waals surface area (Å²) >= 11 is 0. The van der Waals surface area contributed by atoms with Crippen LogP contribution in [0.4, 0.5) is 5.69 Å². The van der Waals surface area contributed by atoms with E-state index in [1.165, 1.54) is 0 Å². The summed E-state index contributed by atoms with van der Waals surface area (Å²) in [6.45, 7) is 4.08. The van der Waals surface area contributed by atoms with E-state index in [4.69, 9.17) is 9.47 Å². The fraction of sp³-hybridized carbons (Fsp3) is 0.500. The van der Waals surface area contributed by atoms with Gasteiger partial charge in [-0.1, -0.05) is 0 Å². The number of methoxy groups -OCH3 is 2. The molecule has 16 heavy (non-hydrogen) atoms. The molecule has 0 radical (unpaired) electrons. The van der Waals surface area contributed by atoms with Crippen molar-refractivity contribution in [2.75, 3.05) is 45.3 Å². The minimum absolute atomic E-state index is 0.829. The van der Waals surface area contributed by atoms with E-state index >= 15 is 0 Å². The second kappa shape index (κ2) is 5.07. The van der Waals surface area contributed by atoms with Crippen LogP contribution < -0.4 is 19.7 Å². The normalized spacial score (nSPS) is 16.0. The largest absolute Gasteiger partial charge is 0.497 e. The maximum atomic E-state index is 5.40. The van der Waals surface area contributed by atoms with Crippen LogP contribution in [0.15, 0.2) is 18.2 Å². The molecule has 1 aromatic rings. The number of ether oxygens (including phenoxy) is 2. The lowest BCUT2D eigenvalue weighted by Gasteiger charge is -2.30. The highest BCUT2D eigenvalue weighted by molar-refractivity contribution is 5.61. The first-order chi connectivity index (χ1) is 7.85. The van der Waals surface area contributed by atoms with Gasteiger partial charge in [0.2, 0.25) is 0 Å². The Labute approximate surface area is 96.2 Å². The van der Waals surface area contributed by atoms with Crippen LogP contribution in [0.1, 0.15) is 0 Å². The van der Waals surface area contributed by atoms with Gasteiger partial charge >= 0.3 is 0 Å². The number of piperazine rings is 1. The second-order valence-electron chi connectivity index (χ2n) is 3.77. The minimum atomic E-state index is 0.829. The summed E-state index contributed by atoms with van der Waals surface area (Å²) < 4.78 is 10.6. The van der Waals surface area contributed by atoms with Crippen molar-refractivity contribution in [1.29, 1.82) is 0 Å². The van der Waals surface area contributed by atoms with Gasteiger partial charge in [0.1, 0.15) is 11.5 Å². The van der Waals surface area contributed by atoms with Crippen molar-refractivity contribution in [3.05, 3.63) is 18.2 Å². The maximum absolute atomic E-state index is 5.40. The molecule has 1 heterocycles. The van der Waals surface area contributed by atoms with Crippen molar-refractivity contribution in [3.63, 3.8) is 0 Å². The molecule has 1 saturated heterocycles. The molecule has 1 fully saturated rings. The molecule has 0 bridgehead atoms. The molecule has 2 rings (SSSR count). The zero-order valence-electron chi connectivity index (χ0n) is 9.82. The van der Waals surface area contributed by atoms with Gasteiger partial charge in [-0.15, -0.1) is 0 Å². The first-order valence-corrected chi connectivity index (χ1v) is 5.53. The lowest BCUT2D eigenvalue weighted by atomic mass is 10.2. The fourth-order valence-electron chi connectivity index (χ4n) is 1.95. The lowest BCUT2D eigenvalue weighted by Crippen LogP contribution is -2.43. The van der Waals surface area contributed by atoms with E-state index in [0.29, 0.717) is 0 Å². The molecule has 88 valence electrons. The SMILES string of the molecule is COc1ccc(N2CCNCC2)c(OC)c1. The van der Waals surface area contributed by atoms with Crippen molar-refractivity contribution in [3.8, 4) is 11.5 Å². The van der Waals surface area contributed by atoms with Gasteiger partial charge in [0.25, 0.3) is 0 Å². The summed E-state index contributed by atoms with van der Waals surface area (Å²) in [4.78, 5) is 2.33. The molecule has 0 aromatic heterocycles. The Bertz CT molecular complexity index is 349. The molecule has 0 aliphatic carbocycles. The van der Waals surface area contributed by atoms with Crippen molar-refractivity contribution >= 4 is 5.69 Å². The summed E-state index contributed by atoms with van der Waals surface area (Å²) in [5, 5.41) is 3.34. The van der Waals surface area contributed by atoms with Gasteiger partial charge in [-0.05, 0) is 12.1 Å².